The van der Waals surface area contributed by atoms with E-state index in [0.29, 0.717) is 13.0 Å². The smallest absolute Gasteiger partial charge is 0.233 e. The third-order valence-corrected chi connectivity index (χ3v) is 5.13. The van der Waals surface area contributed by atoms with Crippen LogP contribution in [-0.4, -0.2) is 19.9 Å². The van der Waals surface area contributed by atoms with Crippen LogP contribution in [0.5, 0.6) is 0 Å². The first-order valence-electron chi connectivity index (χ1n) is 6.75. The molecule has 21 heavy (non-hydrogen) atoms. The van der Waals surface area contributed by atoms with Gasteiger partial charge in [-0.1, -0.05) is 37.3 Å². The van der Waals surface area contributed by atoms with Crippen molar-refractivity contribution in [2.75, 3.05) is 6.54 Å². The largest absolute Gasteiger partial charge is 0.249 e. The number of thiazole rings is 1. The molecule has 4 nitrogen and oxygen atoms in total. The first-order chi connectivity index (χ1) is 10.1. The second kappa shape index (κ2) is 7.49. The summed E-state index contributed by atoms with van der Waals surface area (Å²) in [4.78, 5) is 5.49. The summed E-state index contributed by atoms with van der Waals surface area (Å²) in [5.41, 5.74) is 0.857. The summed E-state index contributed by atoms with van der Waals surface area (Å²) in [6.07, 6.45) is 5.01. The lowest BCUT2D eigenvalue weighted by Crippen LogP contribution is -2.23. The zero-order valence-electron chi connectivity index (χ0n) is 11.8. The fourth-order valence-corrected chi connectivity index (χ4v) is 3.39. The summed E-state index contributed by atoms with van der Waals surface area (Å²) in [5, 5.41) is 2.16. The third-order valence-electron chi connectivity index (χ3n) is 2.83. The summed E-state index contributed by atoms with van der Waals surface area (Å²) >= 11 is 1.63. The summed E-state index contributed by atoms with van der Waals surface area (Å²) in [5.74, 6) is 0. The van der Waals surface area contributed by atoms with E-state index in [0.717, 1.165) is 17.0 Å². The van der Waals surface area contributed by atoms with E-state index < -0.39 is 10.0 Å². The van der Waals surface area contributed by atoms with Crippen molar-refractivity contribution in [1.82, 2.24) is 9.71 Å². The first-order valence-corrected chi connectivity index (χ1v) is 9.12. The fourth-order valence-electron chi connectivity index (χ4n) is 1.71. The van der Waals surface area contributed by atoms with Crippen LogP contribution in [0.15, 0.2) is 41.9 Å². The van der Waals surface area contributed by atoms with Gasteiger partial charge in [0.05, 0.1) is 5.01 Å². The van der Waals surface area contributed by atoms with Gasteiger partial charge in [0.15, 0.2) is 0 Å². The van der Waals surface area contributed by atoms with Crippen molar-refractivity contribution in [2.24, 2.45) is 0 Å². The molecule has 0 fully saturated rings. The zero-order valence-corrected chi connectivity index (χ0v) is 13.5. The van der Waals surface area contributed by atoms with Crippen LogP contribution in [0.1, 0.15) is 22.4 Å². The molecule has 1 heterocycles. The number of hydrogen-bond acceptors (Lipinski definition) is 4. The van der Waals surface area contributed by atoms with Crippen LogP contribution in [0.4, 0.5) is 0 Å². The zero-order chi connectivity index (χ0) is 15.1. The molecule has 2 rings (SSSR count). The molecule has 1 aromatic carbocycles. The van der Waals surface area contributed by atoms with Crippen molar-refractivity contribution in [1.29, 1.82) is 0 Å². The highest BCUT2D eigenvalue weighted by atomic mass is 32.2. The minimum Gasteiger partial charge on any atom is -0.249 e. The average molecular weight is 322 g/mol. The molecular formula is C15H18N2O2S2. The lowest BCUT2D eigenvalue weighted by atomic mass is 10.2. The van der Waals surface area contributed by atoms with E-state index in [1.165, 1.54) is 10.3 Å². The maximum absolute atomic E-state index is 11.8. The molecule has 0 aliphatic rings. The Morgan fingerprint density at radius 3 is 2.71 bits per heavy atom. The summed E-state index contributed by atoms with van der Waals surface area (Å²) in [7, 11) is -3.40. The van der Waals surface area contributed by atoms with Gasteiger partial charge in [0.2, 0.25) is 10.0 Å². The van der Waals surface area contributed by atoms with E-state index >= 15 is 0 Å². The highest BCUT2D eigenvalue weighted by Crippen LogP contribution is 2.13. The van der Waals surface area contributed by atoms with Gasteiger partial charge in [0.1, 0.15) is 0 Å². The molecule has 0 radical (unpaired) electrons. The summed E-state index contributed by atoms with van der Waals surface area (Å²) in [6.45, 7) is 2.44. The average Bonchev–Trinajstić information content (AvgIpc) is 2.94. The van der Waals surface area contributed by atoms with E-state index in [1.54, 1.807) is 17.4 Å². The van der Waals surface area contributed by atoms with Gasteiger partial charge in [0, 0.05) is 29.4 Å². The van der Waals surface area contributed by atoms with Crippen molar-refractivity contribution >= 4 is 27.4 Å². The van der Waals surface area contributed by atoms with Crippen molar-refractivity contribution in [2.45, 2.75) is 19.8 Å². The van der Waals surface area contributed by atoms with Crippen LogP contribution in [0.3, 0.4) is 0 Å². The van der Waals surface area contributed by atoms with Crippen LogP contribution in [0.25, 0.3) is 6.08 Å². The predicted molar refractivity (Wildman–Crippen MR) is 87.6 cm³/mol. The van der Waals surface area contributed by atoms with Gasteiger partial charge in [-0.05, 0) is 18.1 Å². The van der Waals surface area contributed by atoms with Crippen LogP contribution >= 0.6 is 11.3 Å². The number of benzene rings is 1. The van der Waals surface area contributed by atoms with E-state index in [2.05, 4.69) is 16.6 Å². The van der Waals surface area contributed by atoms with Crippen molar-refractivity contribution in [3.8, 4) is 0 Å². The van der Waals surface area contributed by atoms with Gasteiger partial charge in [-0.25, -0.2) is 18.1 Å². The van der Waals surface area contributed by atoms with Crippen molar-refractivity contribution in [3.05, 3.63) is 57.4 Å². The van der Waals surface area contributed by atoms with Gasteiger partial charge < -0.3 is 0 Å². The highest BCUT2D eigenvalue weighted by molar-refractivity contribution is 7.92. The minimum absolute atomic E-state index is 0.359. The normalized spacial score (nSPS) is 12.0. The first kappa shape index (κ1) is 15.9. The molecule has 0 aliphatic carbocycles. The SMILES string of the molecule is CCc1cnc(CCNS(=O)(=O)C=Cc2ccccc2)s1. The molecule has 112 valence electrons. The Morgan fingerprint density at radius 2 is 2.05 bits per heavy atom. The molecule has 0 amide bonds. The number of nitrogens with zero attached hydrogens (tertiary/aromatic N) is 1. The fraction of sp³-hybridized carbons (Fsp3) is 0.267. The number of aryl methyl sites for hydroxylation is 1. The molecule has 0 spiro atoms. The minimum atomic E-state index is -3.40. The van der Waals surface area contributed by atoms with Gasteiger partial charge in [0.25, 0.3) is 0 Å². The van der Waals surface area contributed by atoms with Crippen LogP contribution in [0, 0.1) is 0 Å². The molecule has 0 unspecified atom stereocenters. The number of hydrogen-bond donors (Lipinski definition) is 1. The van der Waals surface area contributed by atoms with E-state index in [9.17, 15) is 8.42 Å². The Hall–Kier alpha value is -1.50. The van der Waals surface area contributed by atoms with Gasteiger partial charge in [-0.2, -0.15) is 0 Å². The second-order valence-electron chi connectivity index (χ2n) is 4.48. The van der Waals surface area contributed by atoms with Crippen molar-refractivity contribution < 1.29 is 8.42 Å². The predicted octanol–water partition coefficient (Wildman–Crippen LogP) is 2.84. The molecule has 1 N–H and O–H groups in total. The second-order valence-corrected chi connectivity index (χ2v) is 7.33. The summed E-state index contributed by atoms with van der Waals surface area (Å²) < 4.78 is 26.2. The number of sulfonamides is 1. The van der Waals surface area contributed by atoms with E-state index in [4.69, 9.17) is 0 Å². The van der Waals surface area contributed by atoms with E-state index in [-0.39, 0.29) is 0 Å². The summed E-state index contributed by atoms with van der Waals surface area (Å²) in [6, 6.07) is 9.34. The van der Waals surface area contributed by atoms with Crippen molar-refractivity contribution in [3.63, 3.8) is 0 Å². The Morgan fingerprint density at radius 1 is 1.29 bits per heavy atom. The molecule has 0 saturated carbocycles. The molecule has 2 aromatic rings. The maximum Gasteiger partial charge on any atom is 0.233 e. The number of nitrogens with one attached hydrogen (secondary N) is 1. The molecular weight excluding hydrogens is 304 g/mol. The molecule has 0 bridgehead atoms. The molecule has 0 aliphatic heterocycles. The Bertz CT molecular complexity index is 691. The quantitative estimate of drug-likeness (QED) is 0.853. The maximum atomic E-state index is 11.8. The third kappa shape index (κ3) is 5.41. The molecule has 0 atom stereocenters. The Labute approximate surface area is 129 Å². The monoisotopic (exact) mass is 322 g/mol. The lowest BCUT2D eigenvalue weighted by molar-refractivity contribution is 0.591. The van der Waals surface area contributed by atoms with Gasteiger partial charge >= 0.3 is 0 Å². The standard InChI is InChI=1S/C15H18N2O2S2/c1-2-14-12-16-15(20-14)8-10-17-21(18,19)11-9-13-6-4-3-5-7-13/h3-7,9,11-12,17H,2,8,10H2,1H3. The Balaban J connectivity index is 1.85. The van der Waals surface area contributed by atoms with E-state index in [1.807, 2.05) is 36.5 Å². The Kier molecular flexibility index (Phi) is 5.67. The topological polar surface area (TPSA) is 59.1 Å². The number of aromatic nitrogens is 1. The van der Waals surface area contributed by atoms with Gasteiger partial charge in [-0.3, -0.25) is 0 Å². The highest BCUT2D eigenvalue weighted by Gasteiger charge is 2.06. The molecule has 1 aromatic heterocycles. The van der Waals surface area contributed by atoms with Crippen LogP contribution in [0.2, 0.25) is 0 Å². The lowest BCUT2D eigenvalue weighted by Gasteiger charge is -2.01. The van der Waals surface area contributed by atoms with Gasteiger partial charge in [-0.15, -0.1) is 11.3 Å². The van der Waals surface area contributed by atoms with Crippen LogP contribution < -0.4 is 4.72 Å². The molecule has 0 saturated heterocycles. The van der Waals surface area contributed by atoms with Crippen LogP contribution in [-0.2, 0) is 22.9 Å². The number of rotatable bonds is 7. The molecule has 6 heteroatoms.